The predicted molar refractivity (Wildman–Crippen MR) is 68.1 cm³/mol. The van der Waals surface area contributed by atoms with E-state index in [4.69, 9.17) is 4.52 Å². The van der Waals surface area contributed by atoms with E-state index in [-0.39, 0.29) is 6.04 Å². The van der Waals surface area contributed by atoms with Crippen LogP contribution in [0.15, 0.2) is 23.0 Å². The Labute approximate surface area is 107 Å². The first kappa shape index (κ1) is 12.7. The van der Waals surface area contributed by atoms with Gasteiger partial charge < -0.3 is 9.84 Å². The molecule has 0 saturated heterocycles. The Balaban J connectivity index is 1.85. The van der Waals surface area contributed by atoms with Crippen LogP contribution in [0.4, 0.5) is 0 Å². The van der Waals surface area contributed by atoms with E-state index >= 15 is 0 Å². The largest absolute Gasteiger partial charge is 0.339 e. The predicted octanol–water partition coefficient (Wildman–Crippen LogP) is 1.97. The molecule has 0 saturated carbocycles. The molecule has 2 aromatic heterocycles. The molecule has 0 amide bonds. The van der Waals surface area contributed by atoms with Gasteiger partial charge in [-0.2, -0.15) is 4.98 Å². The first-order valence-corrected chi connectivity index (χ1v) is 6.10. The second kappa shape index (κ2) is 5.73. The van der Waals surface area contributed by atoms with Crippen LogP contribution in [-0.2, 0) is 6.42 Å². The molecule has 96 valence electrons. The Hall–Kier alpha value is -1.75. The Kier molecular flexibility index (Phi) is 4.04. The van der Waals surface area contributed by atoms with Crippen molar-refractivity contribution in [2.24, 2.45) is 0 Å². The summed E-state index contributed by atoms with van der Waals surface area (Å²) in [5.41, 5.74) is 2.47. The Morgan fingerprint density at radius 1 is 1.39 bits per heavy atom. The zero-order chi connectivity index (χ0) is 13.0. The van der Waals surface area contributed by atoms with Crippen molar-refractivity contribution >= 4 is 0 Å². The van der Waals surface area contributed by atoms with E-state index in [0.29, 0.717) is 11.7 Å². The molecular weight excluding hydrogens is 228 g/mol. The highest BCUT2D eigenvalue weighted by Crippen LogP contribution is 2.15. The molecule has 2 aromatic rings. The number of nitrogens with zero attached hydrogens (tertiary/aromatic N) is 3. The van der Waals surface area contributed by atoms with E-state index in [1.54, 1.807) is 0 Å². The molecule has 0 bridgehead atoms. The summed E-state index contributed by atoms with van der Waals surface area (Å²) in [4.78, 5) is 8.27. The molecule has 5 nitrogen and oxygen atoms in total. The SMILES string of the molecule is Cc1noc(CCNC(C)c2ccncc2C)n1. The van der Waals surface area contributed by atoms with Crippen LogP contribution in [-0.4, -0.2) is 21.7 Å². The van der Waals surface area contributed by atoms with E-state index in [1.807, 2.05) is 25.4 Å². The van der Waals surface area contributed by atoms with Crippen LogP contribution in [0.25, 0.3) is 0 Å². The summed E-state index contributed by atoms with van der Waals surface area (Å²) in [5, 5.41) is 7.21. The van der Waals surface area contributed by atoms with Crippen LogP contribution in [0.1, 0.15) is 35.8 Å². The lowest BCUT2D eigenvalue weighted by atomic mass is 10.1. The van der Waals surface area contributed by atoms with Gasteiger partial charge in [-0.1, -0.05) is 5.16 Å². The van der Waals surface area contributed by atoms with E-state index in [0.717, 1.165) is 13.0 Å². The Morgan fingerprint density at radius 3 is 2.89 bits per heavy atom. The number of hydrogen-bond acceptors (Lipinski definition) is 5. The summed E-state index contributed by atoms with van der Waals surface area (Å²) < 4.78 is 5.06. The molecule has 2 rings (SSSR count). The lowest BCUT2D eigenvalue weighted by Gasteiger charge is -2.15. The highest BCUT2D eigenvalue weighted by atomic mass is 16.5. The standard InChI is InChI=1S/C13H18N4O/c1-9-8-14-6-4-12(9)10(2)15-7-5-13-16-11(3)17-18-13/h4,6,8,10,15H,5,7H2,1-3H3. The van der Waals surface area contributed by atoms with E-state index < -0.39 is 0 Å². The zero-order valence-corrected chi connectivity index (χ0v) is 11.0. The van der Waals surface area contributed by atoms with Gasteiger partial charge in [0, 0.05) is 31.4 Å². The topological polar surface area (TPSA) is 63.8 Å². The Morgan fingerprint density at radius 2 is 2.22 bits per heavy atom. The van der Waals surface area contributed by atoms with Gasteiger partial charge in [-0.25, -0.2) is 0 Å². The maximum atomic E-state index is 5.06. The summed E-state index contributed by atoms with van der Waals surface area (Å²) in [6.07, 6.45) is 4.45. The fraction of sp³-hybridized carbons (Fsp3) is 0.462. The van der Waals surface area contributed by atoms with Gasteiger partial charge in [0.2, 0.25) is 5.89 Å². The second-order valence-corrected chi connectivity index (χ2v) is 4.39. The van der Waals surface area contributed by atoms with Crippen molar-refractivity contribution in [3.63, 3.8) is 0 Å². The van der Waals surface area contributed by atoms with Crippen LogP contribution >= 0.6 is 0 Å². The third-order valence-corrected chi connectivity index (χ3v) is 2.89. The minimum atomic E-state index is 0.289. The normalized spacial score (nSPS) is 12.6. The molecule has 0 radical (unpaired) electrons. The van der Waals surface area contributed by atoms with Gasteiger partial charge in [0.15, 0.2) is 5.82 Å². The highest BCUT2D eigenvalue weighted by molar-refractivity contribution is 5.24. The minimum absolute atomic E-state index is 0.289. The van der Waals surface area contributed by atoms with Crippen molar-refractivity contribution in [3.05, 3.63) is 41.3 Å². The summed E-state index contributed by atoms with van der Waals surface area (Å²) >= 11 is 0. The number of hydrogen-bond donors (Lipinski definition) is 1. The van der Waals surface area contributed by atoms with Crippen LogP contribution in [0.2, 0.25) is 0 Å². The average Bonchev–Trinajstić information content (AvgIpc) is 2.75. The van der Waals surface area contributed by atoms with Crippen LogP contribution in [0.3, 0.4) is 0 Å². The van der Waals surface area contributed by atoms with Gasteiger partial charge in [-0.3, -0.25) is 4.98 Å². The molecule has 1 unspecified atom stereocenters. The summed E-state index contributed by atoms with van der Waals surface area (Å²) in [6.45, 7) is 6.84. The van der Waals surface area contributed by atoms with Crippen molar-refractivity contribution in [1.29, 1.82) is 0 Å². The van der Waals surface area contributed by atoms with Crippen molar-refractivity contribution in [3.8, 4) is 0 Å². The monoisotopic (exact) mass is 246 g/mol. The smallest absolute Gasteiger partial charge is 0.227 e. The van der Waals surface area contributed by atoms with Gasteiger partial charge >= 0.3 is 0 Å². The third-order valence-electron chi connectivity index (χ3n) is 2.89. The van der Waals surface area contributed by atoms with Gasteiger partial charge in [0.05, 0.1) is 0 Å². The second-order valence-electron chi connectivity index (χ2n) is 4.39. The number of pyridine rings is 1. The van der Waals surface area contributed by atoms with Gasteiger partial charge in [-0.15, -0.1) is 0 Å². The number of rotatable bonds is 5. The zero-order valence-electron chi connectivity index (χ0n) is 11.0. The molecule has 1 N–H and O–H groups in total. The number of aromatic nitrogens is 3. The molecule has 18 heavy (non-hydrogen) atoms. The molecule has 0 aromatic carbocycles. The first-order chi connectivity index (χ1) is 8.66. The molecule has 1 atom stereocenters. The van der Waals surface area contributed by atoms with Crippen LogP contribution in [0, 0.1) is 13.8 Å². The highest BCUT2D eigenvalue weighted by Gasteiger charge is 2.08. The summed E-state index contributed by atoms with van der Waals surface area (Å²) in [7, 11) is 0. The van der Waals surface area contributed by atoms with Gasteiger partial charge in [0.1, 0.15) is 0 Å². The molecule has 0 aliphatic heterocycles. The van der Waals surface area contributed by atoms with Crippen molar-refractivity contribution in [1.82, 2.24) is 20.4 Å². The maximum Gasteiger partial charge on any atom is 0.227 e. The van der Waals surface area contributed by atoms with Crippen molar-refractivity contribution < 1.29 is 4.52 Å². The van der Waals surface area contributed by atoms with Gasteiger partial charge in [-0.05, 0) is 38.0 Å². The van der Waals surface area contributed by atoms with E-state index in [9.17, 15) is 0 Å². The average molecular weight is 246 g/mol. The number of aryl methyl sites for hydroxylation is 2. The quantitative estimate of drug-likeness (QED) is 0.874. The molecule has 5 heteroatoms. The molecule has 0 spiro atoms. The van der Waals surface area contributed by atoms with E-state index in [2.05, 4.69) is 34.3 Å². The molecular formula is C13H18N4O. The van der Waals surface area contributed by atoms with Crippen LogP contribution < -0.4 is 5.32 Å². The molecule has 2 heterocycles. The maximum absolute atomic E-state index is 5.06. The number of nitrogens with one attached hydrogen (secondary N) is 1. The molecule has 0 aliphatic rings. The minimum Gasteiger partial charge on any atom is -0.339 e. The van der Waals surface area contributed by atoms with E-state index in [1.165, 1.54) is 11.1 Å². The lowest BCUT2D eigenvalue weighted by molar-refractivity contribution is 0.370. The summed E-state index contributed by atoms with van der Waals surface area (Å²) in [6, 6.07) is 2.33. The van der Waals surface area contributed by atoms with Crippen molar-refractivity contribution in [2.45, 2.75) is 33.2 Å². The Bertz CT molecular complexity index is 509. The molecule has 0 fully saturated rings. The lowest BCUT2D eigenvalue weighted by Crippen LogP contribution is -2.22. The fourth-order valence-electron chi connectivity index (χ4n) is 1.92. The third kappa shape index (κ3) is 3.13. The van der Waals surface area contributed by atoms with Gasteiger partial charge in [0.25, 0.3) is 0 Å². The van der Waals surface area contributed by atoms with Crippen LogP contribution in [0.5, 0.6) is 0 Å². The van der Waals surface area contributed by atoms with Crippen molar-refractivity contribution in [2.75, 3.05) is 6.54 Å². The molecule has 0 aliphatic carbocycles. The first-order valence-electron chi connectivity index (χ1n) is 6.10. The fourth-order valence-corrected chi connectivity index (χ4v) is 1.92. The summed E-state index contributed by atoms with van der Waals surface area (Å²) in [5.74, 6) is 1.36.